The molecule has 0 radical (unpaired) electrons. The Bertz CT molecular complexity index is 186. The molecule has 3 nitrogen and oxygen atoms in total. The molecule has 0 aliphatic rings. The Hall–Kier alpha value is -0.380. The van der Waals surface area contributed by atoms with E-state index < -0.39 is 0 Å². The summed E-state index contributed by atoms with van der Waals surface area (Å²) in [6.07, 6.45) is 4.44. The highest BCUT2D eigenvalue weighted by Gasteiger charge is 2.07. The molecule has 120 valence electrons. The van der Waals surface area contributed by atoms with Crippen molar-refractivity contribution < 1.29 is 4.84 Å². The summed E-state index contributed by atoms with van der Waals surface area (Å²) in [5, 5.41) is 3.41. The third kappa shape index (κ3) is 38.1. The lowest BCUT2D eigenvalue weighted by Gasteiger charge is -2.19. The fourth-order valence-electron chi connectivity index (χ4n) is 0.922. The van der Waals surface area contributed by atoms with Gasteiger partial charge in [-0.3, -0.25) is 0 Å². The van der Waals surface area contributed by atoms with Crippen LogP contribution in [0.3, 0.4) is 0 Å². The summed E-state index contributed by atoms with van der Waals surface area (Å²) >= 11 is 0. The average molecular weight is 277 g/mol. The minimum absolute atomic E-state index is 0. The molecule has 0 fully saturated rings. The second kappa shape index (κ2) is 14.0. The van der Waals surface area contributed by atoms with Gasteiger partial charge in [-0.15, -0.1) is 0 Å². The van der Waals surface area contributed by atoms with E-state index >= 15 is 0 Å². The van der Waals surface area contributed by atoms with Crippen molar-refractivity contribution in [1.29, 1.82) is 0 Å². The highest BCUT2D eigenvalue weighted by molar-refractivity contribution is 4.94. The Balaban J connectivity index is -0.000000139. The Kier molecular flexibility index (Phi) is 20.0. The molecule has 0 rings (SSSR count). The molecule has 0 bridgehead atoms. The lowest BCUT2D eigenvalue weighted by molar-refractivity contribution is 0.0687. The minimum atomic E-state index is 0. The van der Waals surface area contributed by atoms with Crippen LogP contribution in [0.25, 0.3) is 0 Å². The Morgan fingerprint density at radius 3 is 1.68 bits per heavy atom. The van der Waals surface area contributed by atoms with Gasteiger partial charge < -0.3 is 10.2 Å². The first-order valence-corrected chi connectivity index (χ1v) is 6.33. The van der Waals surface area contributed by atoms with Crippen molar-refractivity contribution >= 4 is 0 Å². The third-order valence-corrected chi connectivity index (χ3v) is 1.66. The molecule has 0 aliphatic heterocycles. The maximum Gasteiger partial charge on any atom is 0.0653 e. The number of rotatable bonds is 4. The molecular formula is C16H40N2O. The van der Waals surface area contributed by atoms with E-state index in [-0.39, 0.29) is 20.4 Å². The summed E-state index contributed by atoms with van der Waals surface area (Å²) in [7, 11) is 1.74. The Labute approximate surface area is 123 Å². The van der Waals surface area contributed by atoms with E-state index in [1.54, 1.807) is 7.05 Å². The quantitative estimate of drug-likeness (QED) is 0.589. The Morgan fingerprint density at radius 1 is 1.00 bits per heavy atom. The predicted molar refractivity (Wildman–Crippen MR) is 90.5 cm³/mol. The zero-order valence-corrected chi connectivity index (χ0v) is 13.0. The van der Waals surface area contributed by atoms with Gasteiger partial charge in [-0.1, -0.05) is 47.8 Å². The van der Waals surface area contributed by atoms with Gasteiger partial charge in [-0.25, -0.2) is 5.48 Å². The number of hydroxylamine groups is 1. The van der Waals surface area contributed by atoms with E-state index in [9.17, 15) is 0 Å². The highest BCUT2D eigenvalue weighted by atomic mass is 16.6. The summed E-state index contributed by atoms with van der Waals surface area (Å²) in [5.41, 5.74) is 3.05. The van der Waals surface area contributed by atoms with Gasteiger partial charge in [0.05, 0.1) is 6.61 Å². The van der Waals surface area contributed by atoms with Crippen molar-refractivity contribution in [3.05, 3.63) is 12.2 Å². The first-order valence-electron chi connectivity index (χ1n) is 6.33. The van der Waals surface area contributed by atoms with Crippen LogP contribution in [0.1, 0.15) is 63.3 Å². The van der Waals surface area contributed by atoms with Crippen LogP contribution >= 0.6 is 0 Å². The molecule has 0 saturated carbocycles. The van der Waals surface area contributed by atoms with Crippen molar-refractivity contribution in [2.24, 2.45) is 5.41 Å². The molecule has 0 amide bonds. The van der Waals surface area contributed by atoms with Gasteiger partial charge in [-0.2, -0.15) is 0 Å². The van der Waals surface area contributed by atoms with Crippen LogP contribution in [0, 0.1) is 5.41 Å². The summed E-state index contributed by atoms with van der Waals surface area (Å²) in [6.45, 7) is 16.8. The van der Waals surface area contributed by atoms with Crippen LogP contribution in [0.15, 0.2) is 12.2 Å². The van der Waals surface area contributed by atoms with E-state index in [4.69, 9.17) is 0 Å². The molecule has 0 aromatic heterocycles. The molecule has 0 saturated heterocycles. The first-order chi connectivity index (χ1) is 7.62. The number of hydrogen-bond acceptors (Lipinski definition) is 3. The second-order valence-electron chi connectivity index (χ2n) is 6.04. The lowest BCUT2D eigenvalue weighted by Crippen LogP contribution is -2.35. The SMILES string of the molecule is C.C.CC(C)(C)/C=C/CNC(C)(C)C.CCONC. The molecule has 0 unspecified atom stereocenters. The fourth-order valence-corrected chi connectivity index (χ4v) is 0.922. The van der Waals surface area contributed by atoms with Gasteiger partial charge in [0.2, 0.25) is 0 Å². The second-order valence-corrected chi connectivity index (χ2v) is 6.04. The molecule has 19 heavy (non-hydrogen) atoms. The molecule has 0 atom stereocenters. The van der Waals surface area contributed by atoms with Crippen molar-refractivity contribution in [2.75, 3.05) is 20.2 Å². The summed E-state index contributed by atoms with van der Waals surface area (Å²) < 4.78 is 0. The number of allylic oxidation sites excluding steroid dienone is 1. The van der Waals surface area contributed by atoms with Gasteiger partial charge in [0.15, 0.2) is 0 Å². The molecule has 0 heterocycles. The predicted octanol–water partition coefficient (Wildman–Crippen LogP) is 4.41. The van der Waals surface area contributed by atoms with E-state index in [1.165, 1.54) is 0 Å². The molecule has 0 aromatic rings. The monoisotopic (exact) mass is 276 g/mol. The van der Waals surface area contributed by atoms with Crippen LogP contribution in [0.4, 0.5) is 0 Å². The largest absolute Gasteiger partial charge is 0.309 e. The van der Waals surface area contributed by atoms with Gasteiger partial charge in [0.25, 0.3) is 0 Å². The Morgan fingerprint density at radius 2 is 1.47 bits per heavy atom. The molecule has 2 N–H and O–H groups in total. The van der Waals surface area contributed by atoms with Crippen LogP contribution in [-0.2, 0) is 4.84 Å². The van der Waals surface area contributed by atoms with E-state index in [0.29, 0.717) is 5.41 Å². The van der Waals surface area contributed by atoms with Crippen molar-refractivity contribution in [3.8, 4) is 0 Å². The number of hydrogen-bond donors (Lipinski definition) is 2. The standard InChI is InChI=1S/C11H23N.C3H9NO.2CH4/c1-10(2,3)8-7-9-12-11(4,5)6;1-3-5-4-2;;/h7-8,12H,9H2,1-6H3;4H,3H2,1-2H3;2*1H4/b8-7+;;;. The lowest BCUT2D eigenvalue weighted by atomic mass is 9.96. The van der Waals surface area contributed by atoms with E-state index in [2.05, 4.69) is 69.3 Å². The van der Waals surface area contributed by atoms with Crippen LogP contribution < -0.4 is 10.8 Å². The van der Waals surface area contributed by atoms with Gasteiger partial charge in [0.1, 0.15) is 0 Å². The first kappa shape index (κ1) is 27.0. The molecule has 0 aliphatic carbocycles. The van der Waals surface area contributed by atoms with Gasteiger partial charge >= 0.3 is 0 Å². The third-order valence-electron chi connectivity index (χ3n) is 1.66. The van der Waals surface area contributed by atoms with Crippen molar-refractivity contribution in [3.63, 3.8) is 0 Å². The zero-order valence-electron chi connectivity index (χ0n) is 13.0. The fraction of sp³-hybridized carbons (Fsp3) is 0.875. The zero-order chi connectivity index (χ0) is 13.9. The molecule has 0 aromatic carbocycles. The van der Waals surface area contributed by atoms with Crippen LogP contribution in [0.5, 0.6) is 0 Å². The highest BCUT2D eigenvalue weighted by Crippen LogP contribution is 2.13. The average Bonchev–Trinajstić information content (AvgIpc) is 2.12. The summed E-state index contributed by atoms with van der Waals surface area (Å²) in [6, 6.07) is 0. The van der Waals surface area contributed by atoms with Gasteiger partial charge in [0, 0.05) is 19.1 Å². The maximum absolute atomic E-state index is 4.58. The molecular weight excluding hydrogens is 236 g/mol. The summed E-state index contributed by atoms with van der Waals surface area (Å²) in [4.78, 5) is 4.58. The number of nitrogens with one attached hydrogen (secondary N) is 2. The van der Waals surface area contributed by atoms with E-state index in [1.807, 2.05) is 6.92 Å². The van der Waals surface area contributed by atoms with Crippen LogP contribution in [-0.4, -0.2) is 25.7 Å². The van der Waals surface area contributed by atoms with Crippen molar-refractivity contribution in [2.45, 2.75) is 68.9 Å². The van der Waals surface area contributed by atoms with Crippen molar-refractivity contribution in [1.82, 2.24) is 10.8 Å². The summed E-state index contributed by atoms with van der Waals surface area (Å²) in [5.74, 6) is 0. The topological polar surface area (TPSA) is 33.3 Å². The maximum atomic E-state index is 4.58. The molecule has 0 spiro atoms. The van der Waals surface area contributed by atoms with Crippen LogP contribution in [0.2, 0.25) is 0 Å². The van der Waals surface area contributed by atoms with Gasteiger partial charge in [-0.05, 0) is 33.1 Å². The normalized spacial score (nSPS) is 11.2. The minimum Gasteiger partial charge on any atom is -0.309 e. The van der Waals surface area contributed by atoms with E-state index in [0.717, 1.165) is 13.2 Å². The molecule has 3 heteroatoms. The smallest absolute Gasteiger partial charge is 0.0653 e.